The van der Waals surface area contributed by atoms with Crippen molar-refractivity contribution in [1.29, 1.82) is 0 Å². The van der Waals surface area contributed by atoms with Gasteiger partial charge in [0.2, 0.25) is 0 Å². The Balaban J connectivity index is 1.40. The molecule has 0 unspecified atom stereocenters. The molecule has 6 heteroatoms. The third-order valence-corrected chi connectivity index (χ3v) is 6.59. The first-order chi connectivity index (χ1) is 17.5. The van der Waals surface area contributed by atoms with E-state index in [0.29, 0.717) is 43.9 Å². The molecule has 36 heavy (non-hydrogen) atoms. The van der Waals surface area contributed by atoms with Crippen LogP contribution < -0.4 is 5.32 Å². The van der Waals surface area contributed by atoms with Crippen LogP contribution in [-0.2, 0) is 0 Å². The van der Waals surface area contributed by atoms with Gasteiger partial charge in [-0.05, 0) is 65.4 Å². The molecule has 1 amide bonds. The number of nitrogens with one attached hydrogen (secondary N) is 1. The van der Waals surface area contributed by atoms with Gasteiger partial charge < -0.3 is 9.73 Å². The van der Waals surface area contributed by atoms with Crippen LogP contribution in [0.3, 0.4) is 0 Å². The molecule has 0 aliphatic rings. The van der Waals surface area contributed by atoms with Crippen LogP contribution in [0.15, 0.2) is 108 Å². The van der Waals surface area contributed by atoms with Gasteiger partial charge in [-0.2, -0.15) is 0 Å². The molecule has 174 valence electrons. The Bertz CT molecular complexity index is 1770. The van der Waals surface area contributed by atoms with E-state index in [1.54, 1.807) is 24.3 Å². The second-order valence-electron chi connectivity index (χ2n) is 8.38. The van der Waals surface area contributed by atoms with E-state index in [4.69, 9.17) is 32.6 Å². The molecule has 0 bridgehead atoms. The monoisotopic (exact) mass is 508 g/mol. The second kappa shape index (κ2) is 9.15. The van der Waals surface area contributed by atoms with Crippen molar-refractivity contribution in [2.24, 2.45) is 0 Å². The van der Waals surface area contributed by atoms with E-state index in [-0.39, 0.29) is 5.91 Å². The topological polar surface area (TPSA) is 55.1 Å². The van der Waals surface area contributed by atoms with Crippen LogP contribution in [0, 0.1) is 0 Å². The number of hydrogen-bond donors (Lipinski definition) is 1. The van der Waals surface area contributed by atoms with Crippen LogP contribution in [0.4, 0.5) is 5.69 Å². The number of rotatable bonds is 4. The molecule has 0 fully saturated rings. The maximum atomic E-state index is 13.5. The fourth-order valence-corrected chi connectivity index (χ4v) is 4.64. The molecular weight excluding hydrogens is 491 g/mol. The minimum Gasteiger partial charge on any atom is -0.454 e. The predicted octanol–water partition coefficient (Wildman–Crippen LogP) is 8.87. The third-order valence-electron chi connectivity index (χ3n) is 6.02. The normalized spacial score (nSPS) is 11.2. The molecule has 4 aromatic carbocycles. The lowest BCUT2D eigenvalue weighted by molar-refractivity contribution is 0.102. The molecule has 2 aromatic heterocycles. The quantitative estimate of drug-likeness (QED) is 0.258. The van der Waals surface area contributed by atoms with Crippen molar-refractivity contribution in [3.05, 3.63) is 119 Å². The van der Waals surface area contributed by atoms with Gasteiger partial charge in [-0.1, -0.05) is 71.7 Å². The molecule has 0 spiro atoms. The number of carbonyl (C=O) groups excluding carboxylic acids is 1. The zero-order valence-electron chi connectivity index (χ0n) is 18.8. The zero-order chi connectivity index (χ0) is 24.6. The molecule has 1 N–H and O–H groups in total. The van der Waals surface area contributed by atoms with Gasteiger partial charge in [-0.25, -0.2) is 4.98 Å². The number of nitrogens with zero attached hydrogens (tertiary/aromatic N) is 1. The number of halogens is 2. The van der Waals surface area contributed by atoms with Crippen LogP contribution in [0.1, 0.15) is 10.4 Å². The number of fused-ring (bicyclic) bond motifs is 2. The lowest BCUT2D eigenvalue weighted by atomic mass is 10.1. The Hall–Kier alpha value is -4.12. The molecule has 0 aliphatic carbocycles. The van der Waals surface area contributed by atoms with Gasteiger partial charge in [0, 0.05) is 21.7 Å². The second-order valence-corrected chi connectivity index (χ2v) is 9.22. The van der Waals surface area contributed by atoms with E-state index < -0.39 is 0 Å². The summed E-state index contributed by atoms with van der Waals surface area (Å²) < 4.78 is 6.10. The Morgan fingerprint density at radius 1 is 0.750 bits per heavy atom. The van der Waals surface area contributed by atoms with Crippen molar-refractivity contribution in [2.75, 3.05) is 5.32 Å². The van der Waals surface area contributed by atoms with Gasteiger partial charge in [0.1, 0.15) is 11.5 Å². The number of hydrogen-bond acceptors (Lipinski definition) is 3. The van der Waals surface area contributed by atoms with Gasteiger partial charge in [0.05, 0.1) is 16.1 Å². The summed E-state index contributed by atoms with van der Waals surface area (Å²) in [5.41, 5.74) is 3.14. The van der Waals surface area contributed by atoms with E-state index in [1.165, 1.54) is 0 Å². The van der Waals surface area contributed by atoms with Gasteiger partial charge >= 0.3 is 0 Å². The van der Waals surface area contributed by atoms with Crippen molar-refractivity contribution in [3.63, 3.8) is 0 Å². The fraction of sp³-hybridized carbons (Fsp3) is 0. The highest BCUT2D eigenvalue weighted by molar-refractivity contribution is 6.35. The average molecular weight is 509 g/mol. The largest absolute Gasteiger partial charge is 0.454 e. The molecule has 0 atom stereocenters. The fourth-order valence-electron chi connectivity index (χ4n) is 4.26. The van der Waals surface area contributed by atoms with Crippen molar-refractivity contribution >= 4 is 56.5 Å². The number of anilines is 1. The molecule has 4 nitrogen and oxygen atoms in total. The van der Waals surface area contributed by atoms with Crippen molar-refractivity contribution in [3.8, 4) is 22.8 Å². The highest BCUT2D eigenvalue weighted by atomic mass is 35.5. The highest BCUT2D eigenvalue weighted by Crippen LogP contribution is 2.35. The van der Waals surface area contributed by atoms with Gasteiger partial charge in [-0.3, -0.25) is 4.79 Å². The summed E-state index contributed by atoms with van der Waals surface area (Å²) in [5.74, 6) is 0.857. The Labute approximate surface area is 217 Å². The molecule has 0 aliphatic heterocycles. The molecule has 0 saturated carbocycles. The number of pyridine rings is 1. The first kappa shape index (κ1) is 22.4. The van der Waals surface area contributed by atoms with Crippen LogP contribution in [0.2, 0.25) is 10.0 Å². The Morgan fingerprint density at radius 3 is 2.42 bits per heavy atom. The lowest BCUT2D eigenvalue weighted by Gasteiger charge is -2.10. The van der Waals surface area contributed by atoms with Gasteiger partial charge in [0.15, 0.2) is 5.76 Å². The van der Waals surface area contributed by atoms with E-state index in [2.05, 4.69) is 5.32 Å². The molecular formula is C30H18Cl2N2O2. The van der Waals surface area contributed by atoms with Crippen molar-refractivity contribution in [1.82, 2.24) is 4.98 Å². The first-order valence-electron chi connectivity index (χ1n) is 11.3. The summed E-state index contributed by atoms with van der Waals surface area (Å²) in [4.78, 5) is 18.2. The number of benzene rings is 4. The van der Waals surface area contributed by atoms with Crippen LogP contribution in [-0.4, -0.2) is 10.9 Å². The molecule has 6 rings (SSSR count). The summed E-state index contributed by atoms with van der Waals surface area (Å²) in [5, 5.41) is 7.05. The maximum absolute atomic E-state index is 13.5. The summed E-state index contributed by atoms with van der Waals surface area (Å²) >= 11 is 12.5. The van der Waals surface area contributed by atoms with Gasteiger partial charge in [0.25, 0.3) is 5.91 Å². The smallest absolute Gasteiger partial charge is 0.256 e. The summed E-state index contributed by atoms with van der Waals surface area (Å²) in [6.07, 6.45) is 0. The zero-order valence-corrected chi connectivity index (χ0v) is 20.3. The molecule has 2 heterocycles. The third kappa shape index (κ3) is 4.22. The summed E-state index contributed by atoms with van der Waals surface area (Å²) in [6.45, 7) is 0. The van der Waals surface area contributed by atoms with E-state index in [1.807, 2.05) is 78.9 Å². The number of carbonyl (C=O) groups is 1. The van der Waals surface area contributed by atoms with Crippen molar-refractivity contribution < 1.29 is 9.21 Å². The number of aromatic nitrogens is 1. The van der Waals surface area contributed by atoms with E-state index in [9.17, 15) is 4.79 Å². The predicted molar refractivity (Wildman–Crippen MR) is 147 cm³/mol. The Kier molecular flexibility index (Phi) is 5.68. The van der Waals surface area contributed by atoms with Crippen LogP contribution in [0.25, 0.3) is 44.5 Å². The van der Waals surface area contributed by atoms with Gasteiger partial charge in [-0.15, -0.1) is 0 Å². The number of amides is 1. The maximum Gasteiger partial charge on any atom is 0.256 e. The summed E-state index contributed by atoms with van der Waals surface area (Å²) in [7, 11) is 0. The van der Waals surface area contributed by atoms with Crippen LogP contribution in [0.5, 0.6) is 0 Å². The minimum absolute atomic E-state index is 0.227. The average Bonchev–Trinajstić information content (AvgIpc) is 3.39. The molecule has 6 aromatic rings. The molecule has 0 saturated heterocycles. The number of furan rings is 1. The SMILES string of the molecule is O=C(Nc1ccc2ccccc2c1)c1cc(-c2ccc(-c3cc(Cl)ccc3Cl)o2)nc2ccccc12. The van der Waals surface area contributed by atoms with E-state index >= 15 is 0 Å². The van der Waals surface area contributed by atoms with E-state index in [0.717, 1.165) is 21.8 Å². The highest BCUT2D eigenvalue weighted by Gasteiger charge is 2.17. The standard InChI is InChI=1S/C30H18Cl2N2O2/c31-20-10-12-25(32)24(16-20)28-13-14-29(36-28)27-17-23(22-7-3-4-8-26(22)34-27)30(35)33-21-11-9-18-5-1-2-6-19(18)15-21/h1-17H,(H,33,35). The molecule has 0 radical (unpaired) electrons. The van der Waals surface area contributed by atoms with Crippen molar-refractivity contribution in [2.45, 2.75) is 0 Å². The summed E-state index contributed by atoms with van der Waals surface area (Å²) in [6, 6.07) is 32.0. The minimum atomic E-state index is -0.227. The first-order valence-corrected chi connectivity index (χ1v) is 12.1. The van der Waals surface area contributed by atoms with Crippen LogP contribution >= 0.6 is 23.2 Å². The lowest BCUT2D eigenvalue weighted by Crippen LogP contribution is -2.13. The Morgan fingerprint density at radius 2 is 1.53 bits per heavy atom. The number of para-hydroxylation sites is 1.